The molecule has 0 amide bonds. The lowest BCUT2D eigenvalue weighted by molar-refractivity contribution is 0.669. The van der Waals surface area contributed by atoms with Gasteiger partial charge < -0.3 is 14.0 Å². The minimum atomic E-state index is 0.904. The number of rotatable bonds is 3. The number of nitrogens with zero attached hydrogens (tertiary/aromatic N) is 1. The highest BCUT2D eigenvalue weighted by Crippen LogP contribution is 2.46. The molecule has 10 aromatic carbocycles. The maximum atomic E-state index is 6.43. The number of furan rings is 1. The van der Waals surface area contributed by atoms with Crippen molar-refractivity contribution in [2.45, 2.75) is 0 Å². The van der Waals surface area contributed by atoms with E-state index in [0.717, 1.165) is 38.7 Å². The van der Waals surface area contributed by atoms with Crippen LogP contribution in [0.1, 0.15) is 0 Å². The zero-order chi connectivity index (χ0) is 37.2. The number of fused-ring (bicyclic) bond motifs is 12. The van der Waals surface area contributed by atoms with Crippen LogP contribution in [0.3, 0.4) is 0 Å². The second-order valence-corrected chi connectivity index (χ2v) is 15.3. The van der Waals surface area contributed by atoms with Crippen molar-refractivity contribution in [1.82, 2.24) is 9.55 Å². The fraction of sp³-hybridized carbons (Fsp3) is 0. The number of aromatic amines is 1. The van der Waals surface area contributed by atoms with Crippen molar-refractivity contribution in [2.24, 2.45) is 0 Å². The van der Waals surface area contributed by atoms with Crippen LogP contribution in [-0.4, -0.2) is 9.55 Å². The Labute approximate surface area is 326 Å². The molecule has 0 saturated heterocycles. The van der Waals surface area contributed by atoms with Crippen LogP contribution in [0.15, 0.2) is 192 Å². The Morgan fingerprint density at radius 1 is 0.333 bits per heavy atom. The number of H-pyrrole nitrogens is 1. The highest BCUT2D eigenvalue weighted by molar-refractivity contribution is 6.24. The molecule has 0 atom stereocenters. The van der Waals surface area contributed by atoms with Gasteiger partial charge in [0.15, 0.2) is 0 Å². The van der Waals surface area contributed by atoms with Crippen molar-refractivity contribution in [2.75, 3.05) is 0 Å². The number of hydrogen-bond acceptors (Lipinski definition) is 1. The first-order valence-electron chi connectivity index (χ1n) is 19.6. The maximum absolute atomic E-state index is 6.43. The van der Waals surface area contributed by atoms with Crippen molar-refractivity contribution in [3.8, 4) is 27.9 Å². The third kappa shape index (κ3) is 4.37. The van der Waals surface area contributed by atoms with Crippen molar-refractivity contribution < 1.29 is 4.42 Å². The summed E-state index contributed by atoms with van der Waals surface area (Å²) in [6, 6.07) is 68.7. The van der Waals surface area contributed by atoms with E-state index in [1.807, 2.05) is 0 Å². The van der Waals surface area contributed by atoms with Crippen molar-refractivity contribution >= 4 is 97.9 Å². The molecule has 13 rings (SSSR count). The Morgan fingerprint density at radius 2 is 0.912 bits per heavy atom. The quantitative estimate of drug-likeness (QED) is 0.181. The molecule has 0 radical (unpaired) electrons. The van der Waals surface area contributed by atoms with E-state index in [1.165, 1.54) is 87.1 Å². The SMILES string of the molecule is c1ccc(-n2c3cc(-c4c5ccccc5c(-c5ccc6oc7cc8ccccc8cc7c6c5)c5ccccc45)ccc3c3cc4c(cc32)[nH]c2ccccc24)cc1. The first-order chi connectivity index (χ1) is 28.2. The van der Waals surface area contributed by atoms with Gasteiger partial charge in [-0.2, -0.15) is 0 Å². The average Bonchev–Trinajstić information content (AvgIpc) is 3.92. The molecule has 0 fully saturated rings. The monoisotopic (exact) mass is 724 g/mol. The Bertz CT molecular complexity index is 3750. The zero-order valence-electron chi connectivity index (χ0n) is 30.8. The zero-order valence-corrected chi connectivity index (χ0v) is 30.8. The Balaban J connectivity index is 1.08. The van der Waals surface area contributed by atoms with E-state index in [2.05, 4.69) is 198 Å². The van der Waals surface area contributed by atoms with Gasteiger partial charge in [-0.1, -0.05) is 127 Å². The predicted octanol–water partition coefficient (Wildman–Crippen LogP) is 15.1. The summed E-state index contributed by atoms with van der Waals surface area (Å²) in [7, 11) is 0. The van der Waals surface area contributed by atoms with E-state index in [-0.39, 0.29) is 0 Å². The summed E-state index contributed by atoms with van der Waals surface area (Å²) < 4.78 is 8.87. The van der Waals surface area contributed by atoms with Crippen LogP contribution in [0.4, 0.5) is 0 Å². The highest BCUT2D eigenvalue weighted by Gasteiger charge is 2.21. The normalized spacial score (nSPS) is 12.2. The fourth-order valence-electron chi connectivity index (χ4n) is 9.74. The summed E-state index contributed by atoms with van der Waals surface area (Å²) >= 11 is 0. The molecule has 0 saturated carbocycles. The molecule has 0 bridgehead atoms. The van der Waals surface area contributed by atoms with Gasteiger partial charge in [0.25, 0.3) is 0 Å². The smallest absolute Gasteiger partial charge is 0.136 e. The first kappa shape index (κ1) is 30.7. The molecule has 0 aliphatic carbocycles. The highest BCUT2D eigenvalue weighted by atomic mass is 16.3. The average molecular weight is 725 g/mol. The summed E-state index contributed by atoms with van der Waals surface area (Å²) in [5, 5.41) is 14.6. The van der Waals surface area contributed by atoms with E-state index in [1.54, 1.807) is 0 Å². The standard InChI is InChI=1S/C54H32N2O/c1-2-14-36(15-3-1)56-49-28-35(22-24-38(49)44-30-43-37-16-10-11-21-47(37)55-48(43)31-50(44)56)54-41-19-8-6-17-39(41)53(40-18-7-9-20-42(40)54)34-23-25-51-45(27-34)46-26-32-12-4-5-13-33(32)29-52(46)57-51/h1-31,55H. The van der Waals surface area contributed by atoms with Gasteiger partial charge in [-0.15, -0.1) is 0 Å². The van der Waals surface area contributed by atoms with E-state index in [9.17, 15) is 0 Å². The molecular formula is C54H32N2O. The largest absolute Gasteiger partial charge is 0.456 e. The minimum absolute atomic E-state index is 0.904. The minimum Gasteiger partial charge on any atom is -0.456 e. The van der Waals surface area contributed by atoms with E-state index in [4.69, 9.17) is 4.42 Å². The summed E-state index contributed by atoms with van der Waals surface area (Å²) in [4.78, 5) is 3.69. The summed E-state index contributed by atoms with van der Waals surface area (Å²) in [5.74, 6) is 0. The second kappa shape index (κ2) is 11.5. The summed E-state index contributed by atoms with van der Waals surface area (Å²) in [6.07, 6.45) is 0. The predicted molar refractivity (Wildman–Crippen MR) is 241 cm³/mol. The first-order valence-corrected chi connectivity index (χ1v) is 19.6. The van der Waals surface area contributed by atoms with Gasteiger partial charge in [0, 0.05) is 49.0 Å². The van der Waals surface area contributed by atoms with Crippen LogP contribution in [0.25, 0.3) is 126 Å². The molecule has 264 valence electrons. The number of benzene rings is 10. The molecule has 0 unspecified atom stereocenters. The van der Waals surface area contributed by atoms with Crippen molar-refractivity contribution in [3.63, 3.8) is 0 Å². The van der Waals surface area contributed by atoms with E-state index < -0.39 is 0 Å². The number of hydrogen-bond donors (Lipinski definition) is 1. The van der Waals surface area contributed by atoms with Gasteiger partial charge in [-0.05, 0) is 115 Å². The van der Waals surface area contributed by atoms with Crippen LogP contribution < -0.4 is 0 Å². The lowest BCUT2D eigenvalue weighted by atomic mass is 9.85. The summed E-state index contributed by atoms with van der Waals surface area (Å²) in [5.41, 5.74) is 12.5. The maximum Gasteiger partial charge on any atom is 0.136 e. The molecule has 3 heterocycles. The van der Waals surface area contributed by atoms with Gasteiger partial charge in [-0.3, -0.25) is 0 Å². The molecule has 3 nitrogen and oxygen atoms in total. The molecule has 3 aromatic heterocycles. The van der Waals surface area contributed by atoms with Gasteiger partial charge >= 0.3 is 0 Å². The molecule has 57 heavy (non-hydrogen) atoms. The lowest BCUT2D eigenvalue weighted by Crippen LogP contribution is -1.94. The number of nitrogens with one attached hydrogen (secondary N) is 1. The molecular weight excluding hydrogens is 693 g/mol. The molecule has 3 heteroatoms. The lowest BCUT2D eigenvalue weighted by Gasteiger charge is -2.18. The molecule has 13 aromatic rings. The Hall–Kier alpha value is -7.62. The fourth-order valence-corrected chi connectivity index (χ4v) is 9.74. The molecule has 0 aliphatic heterocycles. The van der Waals surface area contributed by atoms with Crippen LogP contribution in [0, 0.1) is 0 Å². The van der Waals surface area contributed by atoms with E-state index >= 15 is 0 Å². The van der Waals surface area contributed by atoms with E-state index in [0.29, 0.717) is 0 Å². The van der Waals surface area contributed by atoms with Crippen LogP contribution in [0.5, 0.6) is 0 Å². The van der Waals surface area contributed by atoms with Gasteiger partial charge in [0.1, 0.15) is 11.2 Å². The third-order valence-corrected chi connectivity index (χ3v) is 12.3. The Morgan fingerprint density at radius 3 is 1.65 bits per heavy atom. The second-order valence-electron chi connectivity index (χ2n) is 15.3. The topological polar surface area (TPSA) is 33.9 Å². The van der Waals surface area contributed by atoms with Crippen LogP contribution >= 0.6 is 0 Å². The van der Waals surface area contributed by atoms with Gasteiger partial charge in [0.05, 0.1) is 11.0 Å². The molecule has 1 N–H and O–H groups in total. The number of aromatic nitrogens is 2. The molecule has 0 aliphatic rings. The molecule has 0 spiro atoms. The summed E-state index contributed by atoms with van der Waals surface area (Å²) in [6.45, 7) is 0. The van der Waals surface area contributed by atoms with Crippen LogP contribution in [-0.2, 0) is 0 Å². The van der Waals surface area contributed by atoms with Crippen LogP contribution in [0.2, 0.25) is 0 Å². The van der Waals surface area contributed by atoms with Crippen molar-refractivity contribution in [3.05, 3.63) is 188 Å². The van der Waals surface area contributed by atoms with Gasteiger partial charge in [-0.25, -0.2) is 0 Å². The Kier molecular flexibility index (Phi) is 6.16. The number of para-hydroxylation sites is 2. The third-order valence-electron chi connectivity index (χ3n) is 12.3. The van der Waals surface area contributed by atoms with Crippen molar-refractivity contribution in [1.29, 1.82) is 0 Å². The van der Waals surface area contributed by atoms with Gasteiger partial charge in [0.2, 0.25) is 0 Å².